The third kappa shape index (κ3) is 2.87. The molecular weight excluding hydrogens is 428 g/mol. The van der Waals surface area contributed by atoms with Crippen LogP contribution < -0.4 is 0 Å². The molecule has 5 rings (SSSR count). The molecule has 0 aromatic carbocycles. The lowest BCUT2D eigenvalue weighted by molar-refractivity contribution is -0.249. The van der Waals surface area contributed by atoms with Crippen LogP contribution in [-0.4, -0.2) is 44.7 Å². The van der Waals surface area contributed by atoms with Crippen molar-refractivity contribution in [3.05, 3.63) is 11.6 Å². The molecule has 4 saturated carbocycles. The van der Waals surface area contributed by atoms with Gasteiger partial charge in [-0.25, -0.2) is 0 Å². The summed E-state index contributed by atoms with van der Waals surface area (Å²) >= 11 is 0. The molecule has 0 amide bonds. The topological polar surface area (TPSA) is 98.0 Å². The number of rotatable bonds is 2. The van der Waals surface area contributed by atoms with Gasteiger partial charge in [0.25, 0.3) is 0 Å². The number of fused-ring (bicyclic) bond motifs is 7. The number of aliphatic hydroxyl groups excluding tert-OH is 2. The van der Waals surface area contributed by atoms with Crippen molar-refractivity contribution in [3.63, 3.8) is 0 Å². The fourth-order valence-corrected chi connectivity index (χ4v) is 10.3. The van der Waals surface area contributed by atoms with Crippen molar-refractivity contribution in [2.75, 3.05) is 6.61 Å². The molecule has 0 heterocycles. The van der Waals surface area contributed by atoms with Crippen LogP contribution >= 0.6 is 0 Å². The number of aliphatic hydroxyl groups is 3. The van der Waals surface area contributed by atoms with Crippen LogP contribution in [0.2, 0.25) is 0 Å². The van der Waals surface area contributed by atoms with Gasteiger partial charge in [-0.1, -0.05) is 46.3 Å². The molecule has 5 aliphatic rings. The lowest BCUT2D eigenvalue weighted by atomic mass is 9.34. The largest absolute Gasteiger partial charge is 0.481 e. The molecule has 5 aliphatic carbocycles. The van der Waals surface area contributed by atoms with Crippen molar-refractivity contribution in [3.8, 4) is 0 Å². The lowest BCUT2D eigenvalue weighted by Crippen LogP contribution is -2.68. The molecule has 0 bridgehead atoms. The van der Waals surface area contributed by atoms with Gasteiger partial charge in [-0.15, -0.1) is 0 Å². The summed E-state index contributed by atoms with van der Waals surface area (Å²) in [4.78, 5) is 12.7. The van der Waals surface area contributed by atoms with E-state index >= 15 is 0 Å². The molecular formula is C29H46O5. The normalized spacial score (nSPS) is 54.1. The van der Waals surface area contributed by atoms with Gasteiger partial charge in [0.15, 0.2) is 0 Å². The van der Waals surface area contributed by atoms with E-state index in [-0.39, 0.29) is 33.5 Å². The Hall–Kier alpha value is -0.910. The summed E-state index contributed by atoms with van der Waals surface area (Å²) in [7, 11) is 0. The predicted molar refractivity (Wildman–Crippen MR) is 131 cm³/mol. The molecule has 9 atom stereocenters. The zero-order valence-corrected chi connectivity index (χ0v) is 21.9. The zero-order chi connectivity index (χ0) is 24.9. The van der Waals surface area contributed by atoms with Crippen LogP contribution in [0.15, 0.2) is 11.6 Å². The molecule has 0 radical (unpaired) electrons. The average molecular weight is 475 g/mol. The molecule has 0 spiro atoms. The molecule has 0 aromatic rings. The lowest BCUT2D eigenvalue weighted by Gasteiger charge is -2.70. The van der Waals surface area contributed by atoms with Crippen LogP contribution in [0.4, 0.5) is 0 Å². The summed E-state index contributed by atoms with van der Waals surface area (Å²) in [5, 5.41) is 42.7. The van der Waals surface area contributed by atoms with E-state index in [0.717, 1.165) is 57.8 Å². The second-order valence-corrected chi connectivity index (χ2v) is 14.4. The second-order valence-electron chi connectivity index (χ2n) is 14.4. The van der Waals surface area contributed by atoms with Crippen molar-refractivity contribution in [1.29, 1.82) is 0 Å². The van der Waals surface area contributed by atoms with E-state index in [0.29, 0.717) is 12.3 Å². The fraction of sp³-hybridized carbons (Fsp3) is 0.897. The number of carboxylic acid groups (broad SMARTS) is 1. The molecule has 4 N–H and O–H groups in total. The average Bonchev–Trinajstić information content (AvgIpc) is 2.76. The molecule has 0 aromatic heterocycles. The van der Waals surface area contributed by atoms with E-state index in [2.05, 4.69) is 40.7 Å². The van der Waals surface area contributed by atoms with Gasteiger partial charge in [0.1, 0.15) is 5.60 Å². The molecule has 192 valence electrons. The Kier molecular flexibility index (Phi) is 5.33. The first-order valence-corrected chi connectivity index (χ1v) is 13.7. The maximum atomic E-state index is 12.7. The Labute approximate surface area is 205 Å². The van der Waals surface area contributed by atoms with Gasteiger partial charge in [0.2, 0.25) is 0 Å². The Bertz CT molecular complexity index is 910. The number of allylic oxidation sites excluding steroid dienone is 2. The smallest absolute Gasteiger partial charge is 0.310 e. The SMILES string of the molecule is CC1(C)CC[C@]2(C(=O)O)CC[C@]3(C)C(=CC[C@@H]4[C@@]5(C)CC[C@H](O)[C@@](O)(CO)C5CC[C@]43C)[C@H]2C1. The van der Waals surface area contributed by atoms with E-state index in [4.69, 9.17) is 0 Å². The van der Waals surface area contributed by atoms with Gasteiger partial charge in [-0.05, 0) is 104 Å². The van der Waals surface area contributed by atoms with Crippen molar-refractivity contribution in [2.24, 2.45) is 44.8 Å². The molecule has 0 aliphatic heterocycles. The van der Waals surface area contributed by atoms with Crippen LogP contribution in [0.1, 0.15) is 98.8 Å². The summed E-state index contributed by atoms with van der Waals surface area (Å²) in [6, 6.07) is 0. The number of hydrogen-bond donors (Lipinski definition) is 4. The van der Waals surface area contributed by atoms with E-state index in [1.807, 2.05) is 0 Å². The molecule has 5 nitrogen and oxygen atoms in total. The molecule has 34 heavy (non-hydrogen) atoms. The number of hydrogen-bond acceptors (Lipinski definition) is 4. The summed E-state index contributed by atoms with van der Waals surface area (Å²) in [6.45, 7) is 11.4. The standard InChI is InChI=1S/C29H46O5/c1-24(2)12-14-28(23(32)33)15-13-26(4)18(19(28)16-24)6-7-20-25(3)10-9-22(31)29(34,17-30)21(25)8-11-27(20,26)5/h6,19-22,30-31,34H,7-17H2,1-5H3,(H,32,33)/t19-,20-,21?,22+,25-,26-,27-,28+,29-/m1/s1. The Morgan fingerprint density at radius 2 is 1.65 bits per heavy atom. The summed E-state index contributed by atoms with van der Waals surface area (Å²) in [5.74, 6) is -0.292. The monoisotopic (exact) mass is 474 g/mol. The van der Waals surface area contributed by atoms with Gasteiger partial charge in [-0.2, -0.15) is 0 Å². The summed E-state index contributed by atoms with van der Waals surface area (Å²) in [6.07, 6.45) is 9.90. The third-order valence-electron chi connectivity index (χ3n) is 12.7. The highest BCUT2D eigenvalue weighted by atomic mass is 16.4. The van der Waals surface area contributed by atoms with E-state index in [1.165, 1.54) is 5.57 Å². The van der Waals surface area contributed by atoms with Gasteiger partial charge in [-0.3, -0.25) is 4.79 Å². The summed E-state index contributed by atoms with van der Waals surface area (Å²) in [5.41, 5.74) is -0.720. The Balaban J connectivity index is 1.60. The first-order valence-electron chi connectivity index (χ1n) is 13.7. The maximum Gasteiger partial charge on any atom is 0.310 e. The maximum absolute atomic E-state index is 12.7. The van der Waals surface area contributed by atoms with Crippen LogP contribution in [-0.2, 0) is 4.79 Å². The Morgan fingerprint density at radius 3 is 2.29 bits per heavy atom. The third-order valence-corrected chi connectivity index (χ3v) is 12.7. The van der Waals surface area contributed by atoms with Crippen molar-refractivity contribution < 1.29 is 25.2 Å². The van der Waals surface area contributed by atoms with Crippen molar-refractivity contribution >= 4 is 5.97 Å². The predicted octanol–water partition coefficient (Wildman–Crippen LogP) is 4.93. The van der Waals surface area contributed by atoms with Gasteiger partial charge in [0, 0.05) is 0 Å². The molecule has 4 fully saturated rings. The highest BCUT2D eigenvalue weighted by Crippen LogP contribution is 2.75. The first-order chi connectivity index (χ1) is 15.7. The molecule has 1 unspecified atom stereocenters. The van der Waals surface area contributed by atoms with Crippen molar-refractivity contribution in [2.45, 2.75) is 111 Å². The van der Waals surface area contributed by atoms with Gasteiger partial charge in [0.05, 0.1) is 18.1 Å². The Morgan fingerprint density at radius 1 is 0.971 bits per heavy atom. The fourth-order valence-electron chi connectivity index (χ4n) is 10.3. The van der Waals surface area contributed by atoms with E-state index < -0.39 is 29.7 Å². The highest BCUT2D eigenvalue weighted by molar-refractivity contribution is 5.76. The first kappa shape index (κ1) is 24.8. The minimum Gasteiger partial charge on any atom is -0.481 e. The van der Waals surface area contributed by atoms with Crippen molar-refractivity contribution in [1.82, 2.24) is 0 Å². The number of carbonyl (C=O) groups is 1. The van der Waals surface area contributed by atoms with E-state index in [1.54, 1.807) is 0 Å². The van der Waals surface area contributed by atoms with Crippen LogP contribution in [0.5, 0.6) is 0 Å². The van der Waals surface area contributed by atoms with Crippen LogP contribution in [0.3, 0.4) is 0 Å². The van der Waals surface area contributed by atoms with Gasteiger partial charge < -0.3 is 20.4 Å². The number of aliphatic carboxylic acids is 1. The van der Waals surface area contributed by atoms with Gasteiger partial charge >= 0.3 is 5.97 Å². The molecule has 0 saturated heterocycles. The molecule has 5 heteroatoms. The summed E-state index contributed by atoms with van der Waals surface area (Å²) < 4.78 is 0. The van der Waals surface area contributed by atoms with E-state index in [9.17, 15) is 25.2 Å². The quantitative estimate of drug-likeness (QED) is 0.426. The van der Waals surface area contributed by atoms with Crippen LogP contribution in [0, 0.1) is 44.8 Å². The zero-order valence-electron chi connectivity index (χ0n) is 21.9. The highest BCUT2D eigenvalue weighted by Gasteiger charge is 2.70. The van der Waals surface area contributed by atoms with Crippen LogP contribution in [0.25, 0.3) is 0 Å². The minimum absolute atomic E-state index is 0.00719. The number of carboxylic acids is 1. The minimum atomic E-state index is -1.43. The second kappa shape index (κ2) is 7.32.